The zero-order valence-electron chi connectivity index (χ0n) is 14.0. The molecule has 1 heterocycles. The van der Waals surface area contributed by atoms with Crippen LogP contribution in [0.5, 0.6) is 5.75 Å². The molecule has 3 aromatic rings. The van der Waals surface area contributed by atoms with Crippen LogP contribution in [0.25, 0.3) is 10.2 Å². The number of thiazole rings is 1. The molecule has 26 heavy (non-hydrogen) atoms. The van der Waals surface area contributed by atoms with Crippen molar-refractivity contribution in [3.8, 4) is 5.75 Å². The largest absolute Gasteiger partial charge is 0.494 e. The van der Waals surface area contributed by atoms with Gasteiger partial charge >= 0.3 is 5.97 Å². The number of aryl methyl sites for hydroxylation is 1. The van der Waals surface area contributed by atoms with Gasteiger partial charge in [-0.05, 0) is 49.7 Å². The number of rotatable bonds is 6. The summed E-state index contributed by atoms with van der Waals surface area (Å²) >= 11 is 1.17. The quantitative estimate of drug-likeness (QED) is 0.665. The van der Waals surface area contributed by atoms with E-state index in [1.54, 1.807) is 25.1 Å². The van der Waals surface area contributed by atoms with Gasteiger partial charge in [-0.15, -0.1) is 0 Å². The third-order valence-electron chi connectivity index (χ3n) is 3.64. The molecule has 2 N–H and O–H groups in total. The summed E-state index contributed by atoms with van der Waals surface area (Å²) in [5.41, 5.74) is 1.07. The zero-order valence-corrected chi connectivity index (χ0v) is 15.6. The van der Waals surface area contributed by atoms with Crippen LogP contribution in [0.4, 0.5) is 5.13 Å². The zero-order chi connectivity index (χ0) is 18.9. The lowest BCUT2D eigenvalue weighted by Crippen LogP contribution is -2.14. The first kappa shape index (κ1) is 18.2. The van der Waals surface area contributed by atoms with Gasteiger partial charge in [0.05, 0.1) is 27.3 Å². The van der Waals surface area contributed by atoms with E-state index in [4.69, 9.17) is 4.74 Å². The molecule has 0 fully saturated rings. The number of hydrogen-bond donors (Lipinski definition) is 2. The summed E-state index contributed by atoms with van der Waals surface area (Å²) in [7, 11) is -3.95. The number of nitrogens with one attached hydrogen (secondary N) is 1. The van der Waals surface area contributed by atoms with E-state index in [-0.39, 0.29) is 15.6 Å². The molecule has 0 radical (unpaired) electrons. The molecule has 0 amide bonds. The van der Waals surface area contributed by atoms with Gasteiger partial charge in [0.25, 0.3) is 10.0 Å². The summed E-state index contributed by atoms with van der Waals surface area (Å²) in [6.07, 6.45) is 0. The molecule has 0 atom stereocenters. The number of nitrogens with zero attached hydrogens (tertiary/aromatic N) is 1. The Hall–Kier alpha value is -2.65. The third kappa shape index (κ3) is 3.63. The van der Waals surface area contributed by atoms with Gasteiger partial charge in [0.1, 0.15) is 5.75 Å². The van der Waals surface area contributed by atoms with Crippen molar-refractivity contribution in [2.75, 3.05) is 11.3 Å². The summed E-state index contributed by atoms with van der Waals surface area (Å²) in [5.74, 6) is -0.495. The predicted octanol–water partition coefficient (Wildman–Crippen LogP) is 3.50. The van der Waals surface area contributed by atoms with Crippen molar-refractivity contribution < 1.29 is 23.1 Å². The first-order chi connectivity index (χ1) is 12.3. The summed E-state index contributed by atoms with van der Waals surface area (Å²) < 4.78 is 33.8. The van der Waals surface area contributed by atoms with Gasteiger partial charge in [-0.25, -0.2) is 18.2 Å². The number of carboxylic acid groups (broad SMARTS) is 1. The monoisotopic (exact) mass is 392 g/mol. The number of carboxylic acids is 1. The summed E-state index contributed by atoms with van der Waals surface area (Å²) in [5, 5.41) is 9.37. The number of ether oxygens (including phenoxy) is 1. The average Bonchev–Trinajstić information content (AvgIpc) is 2.95. The Morgan fingerprint density at radius 3 is 2.73 bits per heavy atom. The molecular formula is C17H16N2O5S2. The highest BCUT2D eigenvalue weighted by Crippen LogP contribution is 2.30. The second kappa shape index (κ2) is 6.93. The molecule has 0 saturated heterocycles. The summed E-state index contributed by atoms with van der Waals surface area (Å²) in [6, 6.07) is 9.28. The summed E-state index contributed by atoms with van der Waals surface area (Å²) in [6.45, 7) is 4.02. The van der Waals surface area contributed by atoms with E-state index in [0.29, 0.717) is 23.4 Å². The highest BCUT2D eigenvalue weighted by Gasteiger charge is 2.19. The lowest BCUT2D eigenvalue weighted by atomic mass is 10.1. The fourth-order valence-electron chi connectivity index (χ4n) is 2.38. The van der Waals surface area contributed by atoms with Gasteiger partial charge in [0, 0.05) is 0 Å². The minimum atomic E-state index is -3.95. The topological polar surface area (TPSA) is 106 Å². The molecule has 0 unspecified atom stereocenters. The maximum absolute atomic E-state index is 12.6. The van der Waals surface area contributed by atoms with E-state index < -0.39 is 16.0 Å². The van der Waals surface area contributed by atoms with E-state index >= 15 is 0 Å². The highest BCUT2D eigenvalue weighted by atomic mass is 32.2. The van der Waals surface area contributed by atoms with Gasteiger partial charge in [-0.1, -0.05) is 17.4 Å². The van der Waals surface area contributed by atoms with Crippen molar-refractivity contribution in [2.45, 2.75) is 18.7 Å². The maximum atomic E-state index is 12.6. The molecule has 0 aliphatic rings. The molecular weight excluding hydrogens is 376 g/mol. The minimum Gasteiger partial charge on any atom is -0.494 e. The fourth-order valence-corrected chi connectivity index (χ4v) is 4.53. The van der Waals surface area contributed by atoms with Crippen LogP contribution in [0.2, 0.25) is 0 Å². The van der Waals surface area contributed by atoms with E-state index in [9.17, 15) is 18.3 Å². The number of benzene rings is 2. The van der Waals surface area contributed by atoms with Gasteiger partial charge in [0.15, 0.2) is 5.13 Å². The Morgan fingerprint density at radius 1 is 1.27 bits per heavy atom. The van der Waals surface area contributed by atoms with Crippen molar-refractivity contribution in [1.29, 1.82) is 0 Å². The van der Waals surface area contributed by atoms with Crippen molar-refractivity contribution in [1.82, 2.24) is 4.98 Å². The number of aromatic nitrogens is 1. The molecule has 0 aliphatic heterocycles. The molecule has 1 aromatic heterocycles. The molecule has 0 aliphatic carbocycles. The van der Waals surface area contributed by atoms with Crippen LogP contribution < -0.4 is 9.46 Å². The van der Waals surface area contributed by atoms with Gasteiger partial charge in [-0.3, -0.25) is 4.72 Å². The molecule has 9 heteroatoms. The second-order valence-electron chi connectivity index (χ2n) is 5.47. The molecule has 2 aromatic carbocycles. The normalized spacial score (nSPS) is 11.5. The lowest BCUT2D eigenvalue weighted by Gasteiger charge is -2.07. The first-order valence-corrected chi connectivity index (χ1v) is 10.0. The highest BCUT2D eigenvalue weighted by molar-refractivity contribution is 7.93. The number of aromatic carboxylic acids is 1. The molecule has 0 bridgehead atoms. The van der Waals surface area contributed by atoms with Crippen LogP contribution in [-0.4, -0.2) is 31.1 Å². The van der Waals surface area contributed by atoms with Gasteiger partial charge < -0.3 is 9.84 Å². The number of carbonyl (C=O) groups is 1. The predicted molar refractivity (Wildman–Crippen MR) is 99.7 cm³/mol. The van der Waals surface area contributed by atoms with Crippen molar-refractivity contribution in [3.05, 3.63) is 47.5 Å². The van der Waals surface area contributed by atoms with E-state index in [2.05, 4.69) is 9.71 Å². The van der Waals surface area contributed by atoms with Crippen LogP contribution in [0.15, 0.2) is 41.3 Å². The van der Waals surface area contributed by atoms with Crippen molar-refractivity contribution >= 4 is 42.7 Å². The first-order valence-electron chi connectivity index (χ1n) is 7.70. The van der Waals surface area contributed by atoms with Gasteiger partial charge in [0.2, 0.25) is 0 Å². The molecule has 7 nitrogen and oxygen atoms in total. The maximum Gasteiger partial charge on any atom is 0.335 e. The number of fused-ring (bicyclic) bond motifs is 1. The number of hydrogen-bond acceptors (Lipinski definition) is 6. The van der Waals surface area contributed by atoms with Crippen LogP contribution in [-0.2, 0) is 10.0 Å². The van der Waals surface area contributed by atoms with E-state index in [1.165, 1.54) is 23.5 Å². The third-order valence-corrected chi connectivity index (χ3v) is 6.04. The average molecular weight is 392 g/mol. The number of anilines is 1. The molecule has 136 valence electrons. The number of sulfonamides is 1. The Balaban J connectivity index is 1.93. The van der Waals surface area contributed by atoms with E-state index in [1.807, 2.05) is 6.92 Å². The van der Waals surface area contributed by atoms with Crippen LogP contribution in [0, 0.1) is 6.92 Å². The Labute approximate surface area is 154 Å². The molecule has 0 spiro atoms. The van der Waals surface area contributed by atoms with Crippen LogP contribution >= 0.6 is 11.3 Å². The fraction of sp³-hybridized carbons (Fsp3) is 0.176. The smallest absolute Gasteiger partial charge is 0.335 e. The second-order valence-corrected chi connectivity index (χ2v) is 8.18. The molecule has 0 saturated carbocycles. The van der Waals surface area contributed by atoms with Crippen molar-refractivity contribution in [3.63, 3.8) is 0 Å². The minimum absolute atomic E-state index is 0.0569. The van der Waals surface area contributed by atoms with Crippen molar-refractivity contribution in [2.24, 2.45) is 0 Å². The van der Waals surface area contributed by atoms with Crippen LogP contribution in [0.1, 0.15) is 22.8 Å². The van der Waals surface area contributed by atoms with Gasteiger partial charge in [-0.2, -0.15) is 0 Å². The lowest BCUT2D eigenvalue weighted by molar-refractivity contribution is 0.0696. The Bertz CT molecular complexity index is 1090. The SMILES string of the molecule is CCOc1ccc2nc(NS(=O)(=O)c3ccc(C)c(C(=O)O)c3)sc2c1. The van der Waals surface area contributed by atoms with E-state index in [0.717, 1.165) is 10.8 Å². The standard InChI is InChI=1S/C17H16N2O5S2/c1-3-24-11-5-7-14-15(8-11)25-17(18-14)19-26(22,23)12-6-4-10(2)13(9-12)16(20)21/h4-9H,3H2,1-2H3,(H,18,19)(H,20,21). The Morgan fingerprint density at radius 2 is 2.04 bits per heavy atom. The Kier molecular flexibility index (Phi) is 4.84. The molecule has 3 rings (SSSR count). The van der Waals surface area contributed by atoms with Crippen LogP contribution in [0.3, 0.4) is 0 Å². The summed E-state index contributed by atoms with van der Waals surface area (Å²) in [4.78, 5) is 15.4.